The number of aliphatic hydroxyl groups excluding tert-OH is 1. The van der Waals surface area contributed by atoms with Gasteiger partial charge in [0.2, 0.25) is 0 Å². The summed E-state index contributed by atoms with van der Waals surface area (Å²) in [5.74, 6) is -0.235. The second-order valence-electron chi connectivity index (χ2n) is 10.1. The standard InChI is InChI=1S/C27H32ClFN4O4S2/c1-18-12-21(37-2)5-4-19(18)15-33(26-30-9-11-38-26)39(35,36)25-13-22(28)24(14-23(25)29)31-17-27-7-3-10-32(27)20(16-34)6-8-27/h4-5,9,11-14,20,31,34H,3,6-8,10,15-17H2,1-2H3. The maximum atomic E-state index is 15.5. The molecule has 210 valence electrons. The molecule has 3 heterocycles. The number of thiazole rings is 1. The molecule has 2 unspecified atom stereocenters. The molecule has 0 radical (unpaired) electrons. The molecule has 12 heteroatoms. The predicted octanol–water partition coefficient (Wildman–Crippen LogP) is 5.05. The number of halogens is 2. The zero-order valence-corrected chi connectivity index (χ0v) is 24.3. The van der Waals surface area contributed by atoms with E-state index in [1.165, 1.54) is 12.3 Å². The molecule has 2 saturated heterocycles. The van der Waals surface area contributed by atoms with Crippen molar-refractivity contribution in [3.05, 3.63) is 63.9 Å². The maximum absolute atomic E-state index is 15.5. The Bertz CT molecular complexity index is 1440. The average Bonchev–Trinajstić information content (AvgIpc) is 3.65. The van der Waals surface area contributed by atoms with Gasteiger partial charge in [-0.15, -0.1) is 11.3 Å². The molecule has 2 fully saturated rings. The van der Waals surface area contributed by atoms with Crippen molar-refractivity contribution in [1.82, 2.24) is 9.88 Å². The normalized spacial score (nSPS) is 21.2. The molecule has 2 aliphatic rings. The first-order valence-electron chi connectivity index (χ1n) is 12.8. The van der Waals surface area contributed by atoms with E-state index in [2.05, 4.69) is 15.2 Å². The average molecular weight is 595 g/mol. The van der Waals surface area contributed by atoms with E-state index >= 15 is 4.39 Å². The van der Waals surface area contributed by atoms with Crippen molar-refractivity contribution in [1.29, 1.82) is 0 Å². The molecule has 2 atom stereocenters. The number of ether oxygens (including phenoxy) is 1. The lowest BCUT2D eigenvalue weighted by molar-refractivity contribution is 0.113. The molecule has 0 bridgehead atoms. The number of nitrogens with one attached hydrogen (secondary N) is 1. The minimum atomic E-state index is -4.35. The van der Waals surface area contributed by atoms with Gasteiger partial charge in [0.25, 0.3) is 10.0 Å². The first-order chi connectivity index (χ1) is 18.7. The van der Waals surface area contributed by atoms with Crippen LogP contribution in [0.2, 0.25) is 5.02 Å². The second-order valence-corrected chi connectivity index (χ2v) is 13.2. The van der Waals surface area contributed by atoms with Gasteiger partial charge in [-0.1, -0.05) is 17.7 Å². The summed E-state index contributed by atoms with van der Waals surface area (Å²) >= 11 is 7.70. The van der Waals surface area contributed by atoms with Gasteiger partial charge in [0.05, 0.1) is 31.0 Å². The van der Waals surface area contributed by atoms with Crippen LogP contribution in [0, 0.1) is 12.7 Å². The number of rotatable bonds is 10. The summed E-state index contributed by atoms with van der Waals surface area (Å²) in [5, 5.41) is 15.0. The number of fused-ring (bicyclic) bond motifs is 1. The van der Waals surface area contributed by atoms with Crippen LogP contribution in [0.25, 0.3) is 0 Å². The van der Waals surface area contributed by atoms with Crippen molar-refractivity contribution >= 4 is 43.8 Å². The van der Waals surface area contributed by atoms with Gasteiger partial charge in [-0.05, 0) is 74.5 Å². The zero-order valence-electron chi connectivity index (χ0n) is 21.9. The topological polar surface area (TPSA) is 95.0 Å². The zero-order chi connectivity index (χ0) is 27.8. The fourth-order valence-corrected chi connectivity index (χ4v) is 8.46. The molecule has 2 aliphatic heterocycles. The minimum absolute atomic E-state index is 0.0346. The monoisotopic (exact) mass is 594 g/mol. The number of aryl methyl sites for hydroxylation is 1. The molecular formula is C27H32ClFN4O4S2. The SMILES string of the molecule is COc1ccc(CN(c2nccs2)S(=O)(=O)c2cc(Cl)c(NCC34CCCN3C(CO)CC4)cc2F)c(C)c1. The maximum Gasteiger partial charge on any atom is 0.269 e. The summed E-state index contributed by atoms with van der Waals surface area (Å²) in [6.07, 6.45) is 5.38. The van der Waals surface area contributed by atoms with Gasteiger partial charge < -0.3 is 15.2 Å². The molecule has 1 aromatic heterocycles. The Kier molecular flexibility index (Phi) is 8.08. The molecule has 0 spiro atoms. The van der Waals surface area contributed by atoms with E-state index < -0.39 is 20.7 Å². The molecule has 8 nitrogen and oxygen atoms in total. The lowest BCUT2D eigenvalue weighted by Crippen LogP contribution is -2.48. The van der Waals surface area contributed by atoms with Crippen molar-refractivity contribution < 1.29 is 22.7 Å². The molecule has 2 N–H and O–H groups in total. The Balaban J connectivity index is 1.42. The van der Waals surface area contributed by atoms with Crippen molar-refractivity contribution in [2.75, 3.05) is 36.4 Å². The van der Waals surface area contributed by atoms with Crippen LogP contribution in [0.1, 0.15) is 36.8 Å². The van der Waals surface area contributed by atoms with Crippen LogP contribution < -0.4 is 14.4 Å². The Morgan fingerprint density at radius 2 is 2.15 bits per heavy atom. The molecule has 5 rings (SSSR count). The van der Waals surface area contributed by atoms with E-state index in [0.29, 0.717) is 18.0 Å². The number of aromatic nitrogens is 1. The fourth-order valence-electron chi connectivity index (χ4n) is 5.82. The lowest BCUT2D eigenvalue weighted by Gasteiger charge is -2.35. The highest BCUT2D eigenvalue weighted by atomic mass is 35.5. The Hall–Kier alpha value is -2.44. The highest BCUT2D eigenvalue weighted by Gasteiger charge is 2.48. The van der Waals surface area contributed by atoms with Crippen LogP contribution in [0.3, 0.4) is 0 Å². The smallest absolute Gasteiger partial charge is 0.269 e. The third-order valence-electron chi connectivity index (χ3n) is 7.94. The first kappa shape index (κ1) is 28.1. The molecule has 39 heavy (non-hydrogen) atoms. The van der Waals surface area contributed by atoms with Gasteiger partial charge in [-0.2, -0.15) is 0 Å². The number of benzene rings is 2. The van der Waals surface area contributed by atoms with Crippen LogP contribution in [0.4, 0.5) is 15.2 Å². The summed E-state index contributed by atoms with van der Waals surface area (Å²) in [5.41, 5.74) is 1.79. The molecular weight excluding hydrogens is 563 g/mol. The summed E-state index contributed by atoms with van der Waals surface area (Å²) in [6.45, 7) is 3.41. The van der Waals surface area contributed by atoms with E-state index in [1.807, 2.05) is 13.0 Å². The predicted molar refractivity (Wildman–Crippen MR) is 152 cm³/mol. The van der Waals surface area contributed by atoms with Crippen LogP contribution >= 0.6 is 22.9 Å². The van der Waals surface area contributed by atoms with Crippen LogP contribution in [-0.2, 0) is 16.6 Å². The Morgan fingerprint density at radius 3 is 2.85 bits per heavy atom. The van der Waals surface area contributed by atoms with E-state index in [4.69, 9.17) is 16.3 Å². The number of hydrogen-bond donors (Lipinski definition) is 2. The number of hydrogen-bond acceptors (Lipinski definition) is 8. The number of aliphatic hydroxyl groups is 1. The molecule has 2 aromatic carbocycles. The van der Waals surface area contributed by atoms with Crippen molar-refractivity contribution in [2.45, 2.75) is 55.6 Å². The van der Waals surface area contributed by atoms with E-state index in [1.54, 1.807) is 24.6 Å². The van der Waals surface area contributed by atoms with Crippen molar-refractivity contribution in [3.63, 3.8) is 0 Å². The van der Waals surface area contributed by atoms with Gasteiger partial charge in [-0.3, -0.25) is 4.90 Å². The Labute approximate surface area is 237 Å². The second kappa shape index (κ2) is 11.2. The number of sulfonamides is 1. The number of methoxy groups -OCH3 is 1. The molecule has 3 aromatic rings. The van der Waals surface area contributed by atoms with Gasteiger partial charge in [-0.25, -0.2) is 22.1 Å². The summed E-state index contributed by atoms with van der Waals surface area (Å²) in [7, 11) is -2.79. The van der Waals surface area contributed by atoms with Gasteiger partial charge in [0.1, 0.15) is 16.5 Å². The highest BCUT2D eigenvalue weighted by molar-refractivity contribution is 7.93. The van der Waals surface area contributed by atoms with Crippen molar-refractivity contribution in [2.24, 2.45) is 0 Å². The molecule has 0 amide bonds. The molecule has 0 saturated carbocycles. The Morgan fingerprint density at radius 1 is 1.33 bits per heavy atom. The number of nitrogens with zero attached hydrogens (tertiary/aromatic N) is 3. The first-order valence-corrected chi connectivity index (χ1v) is 15.5. The van der Waals surface area contributed by atoms with Crippen LogP contribution in [0.15, 0.2) is 46.8 Å². The fraction of sp³-hybridized carbons (Fsp3) is 0.444. The van der Waals surface area contributed by atoms with Gasteiger partial charge in [0, 0.05) is 29.7 Å². The summed E-state index contributed by atoms with van der Waals surface area (Å²) < 4.78 is 49.6. The van der Waals surface area contributed by atoms with E-state index in [0.717, 1.165) is 65.1 Å². The summed E-state index contributed by atoms with van der Waals surface area (Å²) in [6, 6.07) is 7.83. The highest BCUT2D eigenvalue weighted by Crippen LogP contribution is 2.43. The summed E-state index contributed by atoms with van der Waals surface area (Å²) in [4.78, 5) is 6.04. The van der Waals surface area contributed by atoms with Gasteiger partial charge >= 0.3 is 0 Å². The third kappa shape index (κ3) is 5.35. The van der Waals surface area contributed by atoms with E-state index in [9.17, 15) is 13.5 Å². The third-order valence-corrected chi connectivity index (χ3v) is 10.9. The largest absolute Gasteiger partial charge is 0.497 e. The quantitative estimate of drug-likeness (QED) is 0.339. The van der Waals surface area contributed by atoms with Gasteiger partial charge in [0.15, 0.2) is 5.13 Å². The minimum Gasteiger partial charge on any atom is -0.497 e. The van der Waals surface area contributed by atoms with E-state index in [-0.39, 0.29) is 34.9 Å². The molecule has 0 aliphatic carbocycles. The van der Waals surface area contributed by atoms with Crippen molar-refractivity contribution in [3.8, 4) is 5.75 Å². The van der Waals surface area contributed by atoms with Crippen LogP contribution in [-0.4, -0.2) is 61.8 Å². The van der Waals surface area contributed by atoms with Crippen LogP contribution in [0.5, 0.6) is 5.75 Å². The number of anilines is 2. The lowest BCUT2D eigenvalue weighted by atomic mass is 9.94.